The zero-order valence-corrected chi connectivity index (χ0v) is 42.7. The van der Waals surface area contributed by atoms with Crippen LogP contribution in [-0.4, -0.2) is 182 Å². The lowest BCUT2D eigenvalue weighted by atomic mass is 9.79. The maximum atomic E-state index is 14.5. The summed E-state index contributed by atoms with van der Waals surface area (Å²) in [7, 11) is 6.67. The number of aliphatic hydroxyl groups is 3. The molecule has 18 nitrogen and oxygen atoms in total. The summed E-state index contributed by atoms with van der Waals surface area (Å²) in [5.41, 5.74) is 3.24. The maximum absolute atomic E-state index is 14.5. The van der Waals surface area contributed by atoms with Crippen LogP contribution in [0.5, 0.6) is 0 Å². The number of cyclic esters (lactones) is 1. The average molecular weight is 985 g/mol. The number of carbonyl (C=O) groups excluding carboxylic acids is 2. The third-order valence-electron chi connectivity index (χ3n) is 14.5. The Hall–Kier alpha value is -3.66. The molecule has 3 fully saturated rings. The van der Waals surface area contributed by atoms with Crippen LogP contribution in [0.4, 0.5) is 0 Å². The van der Waals surface area contributed by atoms with Gasteiger partial charge in [0, 0.05) is 51.5 Å². The summed E-state index contributed by atoms with van der Waals surface area (Å²) < 4.78 is 52.5. The Balaban J connectivity index is 1.29. The lowest BCUT2D eigenvalue weighted by Gasteiger charge is -2.47. The first-order chi connectivity index (χ1) is 33.6. The number of aromatic nitrogens is 2. The quantitative estimate of drug-likeness (QED) is 0.134. The van der Waals surface area contributed by atoms with Crippen molar-refractivity contribution in [2.75, 3.05) is 61.3 Å². The maximum Gasteiger partial charge on any atom is 0.308 e. The second-order valence-corrected chi connectivity index (χ2v) is 19.8. The van der Waals surface area contributed by atoms with Crippen LogP contribution in [0.3, 0.4) is 0 Å². The van der Waals surface area contributed by atoms with Crippen molar-refractivity contribution in [3.63, 3.8) is 0 Å². The van der Waals surface area contributed by atoms with Crippen molar-refractivity contribution in [2.45, 2.75) is 159 Å². The number of hydrogen-bond donors (Lipinski definition) is 3. The highest BCUT2D eigenvalue weighted by atomic mass is 16.7. The van der Waals surface area contributed by atoms with Gasteiger partial charge in [-0.1, -0.05) is 55.8 Å². The van der Waals surface area contributed by atoms with Gasteiger partial charge >= 0.3 is 5.97 Å². The van der Waals surface area contributed by atoms with E-state index in [1.165, 1.54) is 0 Å². The molecule has 4 heterocycles. The van der Waals surface area contributed by atoms with Gasteiger partial charge < -0.3 is 67.5 Å². The minimum atomic E-state index is -1.24. The van der Waals surface area contributed by atoms with Crippen molar-refractivity contribution in [2.24, 2.45) is 28.8 Å². The van der Waals surface area contributed by atoms with Gasteiger partial charge in [0.15, 0.2) is 12.1 Å². The number of para-hydroxylation sites is 2. The van der Waals surface area contributed by atoms with Crippen LogP contribution in [0.15, 0.2) is 59.5 Å². The van der Waals surface area contributed by atoms with Crippen LogP contribution >= 0.6 is 0 Å². The number of allylic oxidation sites excluding steroid dienone is 3. The van der Waals surface area contributed by atoms with Gasteiger partial charge in [-0.25, -0.2) is 4.98 Å². The minimum Gasteiger partial charge on any atom is -0.462 e. The summed E-state index contributed by atoms with van der Waals surface area (Å²) in [6, 6.07) is 7.25. The fourth-order valence-electron chi connectivity index (χ4n) is 10.5. The van der Waals surface area contributed by atoms with Crippen LogP contribution in [-0.2, 0) is 58.9 Å². The molecule has 0 amide bonds. The highest BCUT2D eigenvalue weighted by molar-refractivity contribution is 5.91. The van der Waals surface area contributed by atoms with Gasteiger partial charge in [-0.2, -0.15) is 0 Å². The van der Waals surface area contributed by atoms with E-state index in [0.717, 1.165) is 16.6 Å². The number of oxime groups is 1. The number of esters is 1. The number of aryl methyl sites for hydroxylation is 1. The second kappa shape index (κ2) is 26.9. The van der Waals surface area contributed by atoms with Crippen LogP contribution < -0.4 is 0 Å². The number of carbonyl (C=O) groups is 2. The van der Waals surface area contributed by atoms with E-state index >= 15 is 0 Å². The number of nitrogens with zero attached hydrogens (tertiary/aromatic N) is 4. The fraction of sp³-hybridized carbons (Fsp3) is 0.731. The number of ether oxygens (including phenoxy) is 8. The molecular formula is C52H80N4O14. The first-order valence-corrected chi connectivity index (χ1v) is 25.2. The molecule has 2 aromatic rings. The SMILES string of the molecule is CC[C@H]1OC(=O)C[C@H]2OC/C(=N/OCCCn3cnc4ccccc43)COCCC(C[C@@H](C)C(=O)/C=C/C(C)=C/[C@@H]1CO[C@@H]1CC[C@@H](O)[C@@H](OC)[C@H]1OC)[C@H](O[C@@H]1O[C@H](C)[C@@H](O)[C@H](N(C)C)[C@H]1O)[C@H]2C. The molecule has 70 heavy (non-hydrogen) atoms. The summed E-state index contributed by atoms with van der Waals surface area (Å²) in [6.45, 7) is 10.9. The molecule has 1 aliphatic carbocycles. The van der Waals surface area contributed by atoms with Crippen LogP contribution in [0, 0.1) is 23.7 Å². The molecular weight excluding hydrogens is 905 g/mol. The second-order valence-electron chi connectivity index (χ2n) is 19.8. The highest BCUT2D eigenvalue weighted by Gasteiger charge is 2.48. The summed E-state index contributed by atoms with van der Waals surface area (Å²) in [6.07, 6.45) is 1.52. The van der Waals surface area contributed by atoms with E-state index in [1.807, 2.05) is 64.4 Å². The number of rotatable bonds is 14. The predicted molar refractivity (Wildman–Crippen MR) is 261 cm³/mol. The lowest BCUT2D eigenvalue weighted by Crippen LogP contribution is -2.63. The fourth-order valence-corrected chi connectivity index (χ4v) is 10.5. The Morgan fingerprint density at radius 3 is 2.47 bits per heavy atom. The van der Waals surface area contributed by atoms with Crippen molar-refractivity contribution in [3.8, 4) is 0 Å². The summed E-state index contributed by atoms with van der Waals surface area (Å²) in [4.78, 5) is 40.6. The summed E-state index contributed by atoms with van der Waals surface area (Å²) >= 11 is 0. The minimum absolute atomic E-state index is 0.0329. The molecule has 1 saturated carbocycles. The van der Waals surface area contributed by atoms with Gasteiger partial charge in [0.25, 0.3) is 0 Å². The zero-order chi connectivity index (χ0) is 50.5. The number of imidazole rings is 1. The Bertz CT molecular complexity index is 2050. The van der Waals surface area contributed by atoms with Crippen LogP contribution in [0.2, 0.25) is 0 Å². The molecule has 2 saturated heterocycles. The van der Waals surface area contributed by atoms with E-state index in [2.05, 4.69) is 14.7 Å². The largest absolute Gasteiger partial charge is 0.462 e. The van der Waals surface area contributed by atoms with Gasteiger partial charge in [-0.3, -0.25) is 9.59 Å². The van der Waals surface area contributed by atoms with Gasteiger partial charge in [0.05, 0.1) is 86.3 Å². The molecule has 1 aromatic heterocycles. The standard InChI is InChI=1S/C52H80N4O14/c1-10-42-36(27-65-43-19-18-41(58)50(62-8)51(43)63-9)24-31(2)16-17-40(57)32(3)25-35-20-23-64-28-37(54-67-22-13-21-56-30-53-38-14-11-12-15-39(38)56)29-66-44(26-45(59)69-42)33(4)49(35)70-52-48(61)46(55(6)7)47(60)34(5)68-52/h11-12,14-17,24,30,32-36,41-44,46-52,58,60-61H,10,13,18-23,25-29H2,1-9H3/b17-16+,31-24+,54-37+/t32-,33+,34-,35?,36-,41-,42-,43-,44-,46+,47-,48-,49-,50-,51+,52+/m1/s1. The molecule has 3 aliphatic heterocycles. The van der Waals surface area contributed by atoms with Crippen molar-refractivity contribution in [3.05, 3.63) is 54.4 Å². The van der Waals surface area contributed by atoms with E-state index in [0.29, 0.717) is 57.4 Å². The smallest absolute Gasteiger partial charge is 0.308 e. The van der Waals surface area contributed by atoms with Gasteiger partial charge in [-0.15, -0.1) is 0 Å². The van der Waals surface area contributed by atoms with E-state index in [-0.39, 0.29) is 44.5 Å². The van der Waals surface area contributed by atoms with Gasteiger partial charge in [-0.05, 0) is 84.2 Å². The topological polar surface area (TPSA) is 211 Å². The Morgan fingerprint density at radius 2 is 1.73 bits per heavy atom. The summed E-state index contributed by atoms with van der Waals surface area (Å²) in [5, 5.41) is 38.0. The Kier molecular flexibility index (Phi) is 21.4. The molecule has 6 rings (SSSR count). The van der Waals surface area contributed by atoms with Crippen molar-refractivity contribution < 1.29 is 67.6 Å². The van der Waals surface area contributed by atoms with Gasteiger partial charge in [0.1, 0.15) is 36.7 Å². The number of methoxy groups -OCH3 is 2. The summed E-state index contributed by atoms with van der Waals surface area (Å²) in [5.74, 6) is -2.37. The molecule has 2 bridgehead atoms. The molecule has 16 atom stereocenters. The Morgan fingerprint density at radius 1 is 0.957 bits per heavy atom. The van der Waals surface area contributed by atoms with Crippen LogP contribution in [0.1, 0.15) is 79.6 Å². The predicted octanol–water partition coefficient (Wildman–Crippen LogP) is 4.65. The number of fused-ring (bicyclic) bond motifs is 4. The van der Waals surface area contributed by atoms with E-state index in [9.17, 15) is 24.9 Å². The molecule has 1 aromatic carbocycles. The lowest BCUT2D eigenvalue weighted by molar-refractivity contribution is -0.305. The monoisotopic (exact) mass is 985 g/mol. The number of ketones is 1. The molecule has 0 radical (unpaired) electrons. The van der Waals surface area contributed by atoms with Crippen molar-refractivity contribution in [1.29, 1.82) is 0 Å². The third kappa shape index (κ3) is 14.5. The first-order valence-electron chi connectivity index (χ1n) is 25.2. The molecule has 18 heteroatoms. The average Bonchev–Trinajstić information content (AvgIpc) is 3.75. The van der Waals surface area contributed by atoms with Crippen molar-refractivity contribution >= 4 is 28.5 Å². The Labute approximate surface area is 413 Å². The normalized spacial score (nSPS) is 37.4. The molecule has 3 N–H and O–H groups in total. The van der Waals surface area contributed by atoms with Crippen molar-refractivity contribution in [1.82, 2.24) is 14.5 Å². The number of hydrogen-bond acceptors (Lipinski definition) is 17. The van der Waals surface area contributed by atoms with Crippen LogP contribution in [0.25, 0.3) is 11.0 Å². The number of benzene rings is 1. The highest BCUT2D eigenvalue weighted by Crippen LogP contribution is 2.36. The zero-order valence-electron chi connectivity index (χ0n) is 42.7. The first kappa shape index (κ1) is 55.7. The molecule has 392 valence electrons. The van der Waals surface area contributed by atoms with E-state index in [4.69, 9.17) is 42.7 Å². The van der Waals surface area contributed by atoms with E-state index < -0.39 is 97.1 Å². The van der Waals surface area contributed by atoms with E-state index in [1.54, 1.807) is 52.3 Å². The third-order valence-corrected chi connectivity index (χ3v) is 14.5. The molecule has 1 unspecified atom stereocenters. The number of aliphatic hydroxyl groups excluding tert-OH is 3. The molecule has 0 spiro atoms. The number of likely N-dealkylation sites (N-methyl/N-ethyl adjacent to an activating group) is 1. The molecule has 4 aliphatic rings. The van der Waals surface area contributed by atoms with Gasteiger partial charge in [0.2, 0.25) is 0 Å².